The molecule has 5 heteroatoms. The van der Waals surface area contributed by atoms with Gasteiger partial charge < -0.3 is 4.42 Å². The van der Waals surface area contributed by atoms with Crippen LogP contribution in [0, 0.1) is 0 Å². The van der Waals surface area contributed by atoms with Gasteiger partial charge in [0.25, 0.3) is 0 Å². The number of benzene rings is 8. The van der Waals surface area contributed by atoms with Gasteiger partial charge in [0.05, 0.1) is 5.56 Å². The first-order valence-corrected chi connectivity index (χ1v) is 16.9. The number of aromatic nitrogens is 3. The standard InChI is InChI=1S/C45H26ClN3O/c46-32-22-20-28-21-23-40-41(38(28)26-32)36-18-9-19-37(42(36)50-40)44-47-43(31-14-8-13-29(24-31)27-10-2-1-3-11-27)48-45(49-44)39-25-30-12-4-5-15-33(30)34-16-6-7-17-35(34)39/h1-26H. The lowest BCUT2D eigenvalue weighted by atomic mass is 9.96. The van der Waals surface area contributed by atoms with E-state index in [0.29, 0.717) is 22.5 Å². The number of fused-ring (bicyclic) bond motifs is 8. The van der Waals surface area contributed by atoms with Crippen LogP contribution in [0.15, 0.2) is 162 Å². The van der Waals surface area contributed by atoms with E-state index >= 15 is 0 Å². The first-order valence-electron chi connectivity index (χ1n) is 16.5. The summed E-state index contributed by atoms with van der Waals surface area (Å²) in [7, 11) is 0. The smallest absolute Gasteiger partial charge is 0.167 e. The van der Waals surface area contributed by atoms with Gasteiger partial charge in [0.15, 0.2) is 17.5 Å². The summed E-state index contributed by atoms with van der Waals surface area (Å²) in [6, 6.07) is 54.1. The first kappa shape index (κ1) is 28.6. The highest BCUT2D eigenvalue weighted by Gasteiger charge is 2.20. The van der Waals surface area contributed by atoms with Crippen LogP contribution in [0.5, 0.6) is 0 Å². The van der Waals surface area contributed by atoms with Crippen LogP contribution in [0.1, 0.15) is 0 Å². The number of hydrogen-bond acceptors (Lipinski definition) is 4. The second kappa shape index (κ2) is 11.4. The van der Waals surface area contributed by atoms with Crippen LogP contribution < -0.4 is 0 Å². The first-order chi connectivity index (χ1) is 24.7. The zero-order chi connectivity index (χ0) is 33.2. The Hall–Kier alpha value is -6.36. The van der Waals surface area contributed by atoms with Gasteiger partial charge in [-0.05, 0) is 79.8 Å². The maximum atomic E-state index is 6.64. The Kier molecular flexibility index (Phi) is 6.51. The third-order valence-electron chi connectivity index (χ3n) is 9.55. The van der Waals surface area contributed by atoms with Gasteiger partial charge in [-0.15, -0.1) is 0 Å². The molecule has 0 aliphatic carbocycles. The molecular weight excluding hydrogens is 634 g/mol. The summed E-state index contributed by atoms with van der Waals surface area (Å²) in [4.78, 5) is 15.6. The third kappa shape index (κ3) is 4.65. The average Bonchev–Trinajstić information content (AvgIpc) is 3.57. The molecule has 0 spiro atoms. The number of halogens is 1. The summed E-state index contributed by atoms with van der Waals surface area (Å²) < 4.78 is 6.64. The van der Waals surface area contributed by atoms with Crippen molar-refractivity contribution in [1.82, 2.24) is 15.0 Å². The van der Waals surface area contributed by atoms with Crippen molar-refractivity contribution in [3.63, 3.8) is 0 Å². The quantitative estimate of drug-likeness (QED) is 0.176. The highest BCUT2D eigenvalue weighted by Crippen LogP contribution is 2.41. The fourth-order valence-corrected chi connectivity index (χ4v) is 7.39. The average molecular weight is 660 g/mol. The second-order valence-corrected chi connectivity index (χ2v) is 13.0. The van der Waals surface area contributed by atoms with E-state index in [-0.39, 0.29) is 0 Å². The summed E-state index contributed by atoms with van der Waals surface area (Å²) in [5.74, 6) is 1.73. The molecule has 234 valence electrons. The minimum Gasteiger partial charge on any atom is -0.455 e. The van der Waals surface area contributed by atoms with Crippen molar-refractivity contribution >= 4 is 65.9 Å². The van der Waals surface area contributed by atoms with Gasteiger partial charge in [-0.2, -0.15) is 0 Å². The summed E-state index contributed by atoms with van der Waals surface area (Å²) in [6.07, 6.45) is 0. The number of para-hydroxylation sites is 1. The Bertz CT molecular complexity index is 2950. The summed E-state index contributed by atoms with van der Waals surface area (Å²) in [5, 5.41) is 9.38. The fourth-order valence-electron chi connectivity index (χ4n) is 7.22. The molecule has 0 aliphatic rings. The molecule has 50 heavy (non-hydrogen) atoms. The van der Waals surface area contributed by atoms with Crippen LogP contribution in [0.3, 0.4) is 0 Å². The summed E-state index contributed by atoms with van der Waals surface area (Å²) in [6.45, 7) is 0. The lowest BCUT2D eigenvalue weighted by molar-refractivity contribution is 0.670. The summed E-state index contributed by atoms with van der Waals surface area (Å²) >= 11 is 6.49. The van der Waals surface area contributed by atoms with Crippen molar-refractivity contribution in [2.24, 2.45) is 0 Å². The predicted molar refractivity (Wildman–Crippen MR) is 206 cm³/mol. The van der Waals surface area contributed by atoms with Gasteiger partial charge in [-0.25, -0.2) is 15.0 Å². The molecule has 0 saturated carbocycles. The molecule has 0 fully saturated rings. The number of furan rings is 1. The molecule has 0 bridgehead atoms. The van der Waals surface area contributed by atoms with E-state index in [1.54, 1.807) is 0 Å². The third-order valence-corrected chi connectivity index (χ3v) is 9.79. The number of nitrogens with zero attached hydrogens (tertiary/aromatic N) is 3. The maximum absolute atomic E-state index is 6.64. The van der Waals surface area contributed by atoms with Crippen LogP contribution in [0.4, 0.5) is 0 Å². The van der Waals surface area contributed by atoms with Crippen molar-refractivity contribution in [3.8, 4) is 45.3 Å². The number of rotatable bonds is 4. The molecule has 2 heterocycles. The highest BCUT2D eigenvalue weighted by atomic mass is 35.5. The Balaban J connectivity index is 1.26. The fraction of sp³-hybridized carbons (Fsp3) is 0. The Morgan fingerprint density at radius 3 is 1.94 bits per heavy atom. The SMILES string of the molecule is Clc1ccc2ccc3oc4c(-c5nc(-c6cccc(-c7ccccc7)c6)nc(-c6cc7ccccc7c7ccccc67)n5)cccc4c3c2c1. The van der Waals surface area contributed by atoms with E-state index < -0.39 is 0 Å². The molecule has 0 aliphatic heterocycles. The van der Waals surface area contributed by atoms with Crippen LogP contribution in [-0.2, 0) is 0 Å². The van der Waals surface area contributed by atoms with Gasteiger partial charge >= 0.3 is 0 Å². The van der Waals surface area contributed by atoms with Crippen LogP contribution in [0.2, 0.25) is 5.02 Å². The molecule has 0 unspecified atom stereocenters. The van der Waals surface area contributed by atoms with E-state index in [9.17, 15) is 0 Å². The topological polar surface area (TPSA) is 51.8 Å². The lowest BCUT2D eigenvalue weighted by Gasteiger charge is -2.13. The van der Waals surface area contributed by atoms with Crippen molar-refractivity contribution in [2.75, 3.05) is 0 Å². The van der Waals surface area contributed by atoms with E-state index in [2.05, 4.69) is 115 Å². The Labute approximate surface area is 292 Å². The molecular formula is C45H26ClN3O. The van der Waals surface area contributed by atoms with Crippen molar-refractivity contribution in [1.29, 1.82) is 0 Å². The molecule has 2 aromatic heterocycles. The Morgan fingerprint density at radius 2 is 1.06 bits per heavy atom. The lowest BCUT2D eigenvalue weighted by Crippen LogP contribution is -2.01. The van der Waals surface area contributed by atoms with Crippen molar-refractivity contribution in [2.45, 2.75) is 0 Å². The predicted octanol–water partition coefficient (Wildman–Crippen LogP) is 12.6. The monoisotopic (exact) mass is 659 g/mol. The van der Waals surface area contributed by atoms with Gasteiger partial charge in [-0.1, -0.05) is 133 Å². The molecule has 0 saturated heterocycles. The summed E-state index contributed by atoms with van der Waals surface area (Å²) in [5.41, 5.74) is 6.37. The normalized spacial score (nSPS) is 11.7. The molecule has 0 radical (unpaired) electrons. The Morgan fingerprint density at radius 1 is 0.400 bits per heavy atom. The van der Waals surface area contributed by atoms with Gasteiger partial charge in [0, 0.05) is 26.9 Å². The van der Waals surface area contributed by atoms with E-state index in [1.165, 1.54) is 5.39 Å². The van der Waals surface area contributed by atoms with E-state index in [1.807, 2.05) is 42.5 Å². The van der Waals surface area contributed by atoms with Crippen LogP contribution in [0.25, 0.3) is 99.5 Å². The molecule has 0 N–H and O–H groups in total. The van der Waals surface area contributed by atoms with Gasteiger partial charge in [0.2, 0.25) is 0 Å². The van der Waals surface area contributed by atoms with Crippen LogP contribution in [-0.4, -0.2) is 15.0 Å². The minimum atomic E-state index is 0.541. The van der Waals surface area contributed by atoms with Crippen LogP contribution >= 0.6 is 11.6 Å². The molecule has 4 nitrogen and oxygen atoms in total. The van der Waals surface area contributed by atoms with Crippen molar-refractivity contribution < 1.29 is 4.42 Å². The zero-order valence-electron chi connectivity index (χ0n) is 26.6. The molecule has 10 aromatic rings. The molecule has 10 rings (SSSR count). The molecule has 8 aromatic carbocycles. The molecule has 0 atom stereocenters. The second-order valence-electron chi connectivity index (χ2n) is 12.5. The van der Waals surface area contributed by atoms with Gasteiger partial charge in [0.1, 0.15) is 11.2 Å². The van der Waals surface area contributed by atoms with Gasteiger partial charge in [-0.3, -0.25) is 0 Å². The number of hydrogen-bond donors (Lipinski definition) is 0. The van der Waals surface area contributed by atoms with E-state index in [0.717, 1.165) is 76.7 Å². The zero-order valence-corrected chi connectivity index (χ0v) is 27.4. The highest BCUT2D eigenvalue weighted by molar-refractivity contribution is 6.32. The van der Waals surface area contributed by atoms with E-state index in [4.69, 9.17) is 31.0 Å². The largest absolute Gasteiger partial charge is 0.455 e. The maximum Gasteiger partial charge on any atom is 0.167 e. The minimum absolute atomic E-state index is 0.541. The van der Waals surface area contributed by atoms with Crippen molar-refractivity contribution in [3.05, 3.63) is 163 Å². The molecule has 0 amide bonds.